The van der Waals surface area contributed by atoms with Crippen molar-refractivity contribution in [2.24, 2.45) is 0 Å². The van der Waals surface area contributed by atoms with Crippen molar-refractivity contribution in [3.8, 4) is 0 Å². The predicted molar refractivity (Wildman–Crippen MR) is 71.4 cm³/mol. The van der Waals surface area contributed by atoms with Crippen LogP contribution < -0.4 is 10.6 Å². The first kappa shape index (κ1) is 14.4. The number of imide groups is 1. The quantitative estimate of drug-likeness (QED) is 0.741. The first-order valence-electron chi connectivity index (χ1n) is 6.19. The highest BCUT2D eigenvalue weighted by Gasteiger charge is 2.27. The van der Waals surface area contributed by atoms with Gasteiger partial charge in [-0.1, -0.05) is 25.2 Å². The summed E-state index contributed by atoms with van der Waals surface area (Å²) < 4.78 is 0. The molecule has 1 aliphatic heterocycles. The van der Waals surface area contributed by atoms with Gasteiger partial charge in [-0.25, -0.2) is 4.79 Å². The smallest absolute Gasteiger partial charge is 0.324 e. The third kappa shape index (κ3) is 3.10. The number of rotatable bonds is 5. The van der Waals surface area contributed by atoms with Crippen molar-refractivity contribution in [2.45, 2.75) is 19.8 Å². The molecule has 20 heavy (non-hydrogen) atoms. The highest BCUT2D eigenvalue weighted by atomic mass is 32.1. The molecule has 9 heteroatoms. The highest BCUT2D eigenvalue weighted by Crippen LogP contribution is 2.18. The molecule has 0 radical (unpaired) electrons. The van der Waals surface area contributed by atoms with Gasteiger partial charge in [0, 0.05) is 19.0 Å². The Morgan fingerprint density at radius 3 is 2.75 bits per heavy atom. The Kier molecular flexibility index (Phi) is 4.28. The van der Waals surface area contributed by atoms with Gasteiger partial charge in [-0.2, -0.15) is 0 Å². The fourth-order valence-corrected chi connectivity index (χ4v) is 2.36. The van der Waals surface area contributed by atoms with Gasteiger partial charge in [0.1, 0.15) is 5.01 Å². The molecular weight excluding hydrogens is 282 g/mol. The Bertz CT molecular complexity index is 526. The van der Waals surface area contributed by atoms with Crippen LogP contribution in [0.1, 0.15) is 34.6 Å². The summed E-state index contributed by atoms with van der Waals surface area (Å²) in [6.45, 7) is 4.29. The summed E-state index contributed by atoms with van der Waals surface area (Å²) in [7, 11) is 0. The number of nitrogens with one attached hydrogen (secondary N) is 2. The number of urea groups is 1. The molecule has 2 heterocycles. The van der Waals surface area contributed by atoms with E-state index in [1.54, 1.807) is 0 Å². The van der Waals surface area contributed by atoms with Crippen molar-refractivity contribution in [2.75, 3.05) is 19.6 Å². The fraction of sp³-hybridized carbons (Fsp3) is 0.545. The Balaban J connectivity index is 1.83. The van der Waals surface area contributed by atoms with E-state index in [1.807, 2.05) is 13.8 Å². The Labute approximate surface area is 119 Å². The van der Waals surface area contributed by atoms with Gasteiger partial charge in [0.15, 0.2) is 0 Å². The zero-order valence-corrected chi connectivity index (χ0v) is 12.0. The second-order valence-electron chi connectivity index (χ2n) is 4.56. The number of hydrogen-bond acceptors (Lipinski definition) is 6. The highest BCUT2D eigenvalue weighted by molar-refractivity contribution is 7.13. The first-order valence-corrected chi connectivity index (χ1v) is 7.00. The van der Waals surface area contributed by atoms with Crippen LogP contribution in [0.25, 0.3) is 0 Å². The summed E-state index contributed by atoms with van der Waals surface area (Å²) >= 11 is 1.24. The molecule has 0 spiro atoms. The van der Waals surface area contributed by atoms with Crippen LogP contribution in [-0.2, 0) is 4.79 Å². The lowest BCUT2D eigenvalue weighted by molar-refractivity contribution is -0.124. The van der Waals surface area contributed by atoms with Crippen LogP contribution >= 0.6 is 11.3 Å². The molecule has 108 valence electrons. The number of hydrogen-bond donors (Lipinski definition) is 2. The van der Waals surface area contributed by atoms with Gasteiger partial charge < -0.3 is 10.6 Å². The normalized spacial score (nSPS) is 14.8. The Morgan fingerprint density at radius 1 is 1.45 bits per heavy atom. The van der Waals surface area contributed by atoms with Crippen molar-refractivity contribution in [3.63, 3.8) is 0 Å². The van der Waals surface area contributed by atoms with Gasteiger partial charge in [0.05, 0.1) is 6.54 Å². The van der Waals surface area contributed by atoms with E-state index < -0.39 is 6.03 Å². The zero-order chi connectivity index (χ0) is 14.7. The second-order valence-corrected chi connectivity index (χ2v) is 5.57. The summed E-state index contributed by atoms with van der Waals surface area (Å²) in [5.41, 5.74) is 0. The van der Waals surface area contributed by atoms with E-state index in [0.717, 1.165) is 9.91 Å². The van der Waals surface area contributed by atoms with Crippen molar-refractivity contribution >= 4 is 29.2 Å². The summed E-state index contributed by atoms with van der Waals surface area (Å²) in [5, 5.41) is 13.8. The number of carbonyl (C=O) groups excluding carboxylic acids is 3. The lowest BCUT2D eigenvalue weighted by atomic mass is 10.2. The molecule has 2 N–H and O–H groups in total. The van der Waals surface area contributed by atoms with Gasteiger partial charge >= 0.3 is 6.03 Å². The largest absolute Gasteiger partial charge is 0.348 e. The summed E-state index contributed by atoms with van der Waals surface area (Å²) in [5.74, 6) is -0.413. The Morgan fingerprint density at radius 2 is 2.20 bits per heavy atom. The third-order valence-electron chi connectivity index (χ3n) is 2.69. The van der Waals surface area contributed by atoms with Crippen molar-refractivity contribution in [1.29, 1.82) is 0 Å². The van der Waals surface area contributed by atoms with Gasteiger partial charge in [0.25, 0.3) is 5.91 Å². The fourth-order valence-electron chi connectivity index (χ4n) is 1.60. The summed E-state index contributed by atoms with van der Waals surface area (Å²) in [6, 6.07) is -0.428. The average Bonchev–Trinajstić information content (AvgIpc) is 3.00. The molecule has 1 aromatic heterocycles. The van der Waals surface area contributed by atoms with Gasteiger partial charge in [-0.3, -0.25) is 14.5 Å². The number of carbonyl (C=O) groups is 3. The van der Waals surface area contributed by atoms with Crippen LogP contribution in [0.3, 0.4) is 0 Å². The molecule has 8 nitrogen and oxygen atoms in total. The van der Waals surface area contributed by atoms with E-state index in [1.165, 1.54) is 11.3 Å². The van der Waals surface area contributed by atoms with Gasteiger partial charge in [-0.15, -0.1) is 10.2 Å². The maximum Gasteiger partial charge on any atom is 0.324 e. The van der Waals surface area contributed by atoms with E-state index in [-0.39, 0.29) is 42.4 Å². The maximum atomic E-state index is 11.8. The lowest BCUT2D eigenvalue weighted by Crippen LogP contribution is -2.38. The van der Waals surface area contributed by atoms with Gasteiger partial charge in [0.2, 0.25) is 10.9 Å². The standard InChI is InChI=1S/C11H15N5O3S/c1-6(2)9-14-15-10(20-9)8(18)12-3-4-16-7(17)5-13-11(16)19/h6H,3-5H2,1-2H3,(H,12,18)(H,13,19). The zero-order valence-electron chi connectivity index (χ0n) is 11.2. The number of amides is 4. The molecule has 1 saturated heterocycles. The minimum atomic E-state index is -0.428. The maximum absolute atomic E-state index is 11.8. The van der Waals surface area contributed by atoms with Crippen LogP contribution in [0, 0.1) is 0 Å². The SMILES string of the molecule is CC(C)c1nnc(C(=O)NCCN2C(=O)CNC2=O)s1. The molecule has 1 fully saturated rings. The minimum Gasteiger partial charge on any atom is -0.348 e. The third-order valence-corrected chi connectivity index (χ3v) is 3.91. The van der Waals surface area contributed by atoms with Gasteiger partial charge in [-0.05, 0) is 0 Å². The van der Waals surface area contributed by atoms with Crippen LogP contribution in [0.5, 0.6) is 0 Å². The molecule has 1 aliphatic rings. The molecule has 0 saturated carbocycles. The monoisotopic (exact) mass is 297 g/mol. The summed E-state index contributed by atoms with van der Waals surface area (Å²) in [4.78, 5) is 35.5. The number of nitrogens with zero attached hydrogens (tertiary/aromatic N) is 3. The molecule has 0 bridgehead atoms. The number of aromatic nitrogens is 2. The summed E-state index contributed by atoms with van der Waals surface area (Å²) in [6.07, 6.45) is 0. The van der Waals surface area contributed by atoms with Crippen molar-refractivity contribution < 1.29 is 14.4 Å². The predicted octanol–water partition coefficient (Wildman–Crippen LogP) is -0.0569. The van der Waals surface area contributed by atoms with Crippen LogP contribution in [0.15, 0.2) is 0 Å². The molecule has 0 atom stereocenters. The molecule has 0 aliphatic carbocycles. The van der Waals surface area contributed by atoms with E-state index in [0.29, 0.717) is 0 Å². The molecule has 0 aromatic carbocycles. The molecule has 1 aromatic rings. The topological polar surface area (TPSA) is 104 Å². The van der Waals surface area contributed by atoms with Crippen LogP contribution in [0.2, 0.25) is 0 Å². The van der Waals surface area contributed by atoms with Crippen molar-refractivity contribution in [3.05, 3.63) is 10.0 Å². The molecule has 2 rings (SSSR count). The van der Waals surface area contributed by atoms with E-state index >= 15 is 0 Å². The average molecular weight is 297 g/mol. The minimum absolute atomic E-state index is 0.0148. The van der Waals surface area contributed by atoms with Crippen LogP contribution in [0.4, 0.5) is 4.79 Å². The second kappa shape index (κ2) is 5.95. The van der Waals surface area contributed by atoms with Crippen molar-refractivity contribution in [1.82, 2.24) is 25.7 Å². The molecular formula is C11H15N5O3S. The van der Waals surface area contributed by atoms with E-state index in [2.05, 4.69) is 20.8 Å². The lowest BCUT2D eigenvalue weighted by Gasteiger charge is -2.11. The van der Waals surface area contributed by atoms with Crippen LogP contribution in [-0.4, -0.2) is 52.6 Å². The first-order chi connectivity index (χ1) is 9.49. The molecule has 0 unspecified atom stereocenters. The van der Waals surface area contributed by atoms with E-state index in [4.69, 9.17) is 0 Å². The Hall–Kier alpha value is -2.03. The molecule has 4 amide bonds. The van der Waals surface area contributed by atoms with E-state index in [9.17, 15) is 14.4 Å².